The van der Waals surface area contributed by atoms with Crippen molar-refractivity contribution in [2.24, 2.45) is 0 Å². The Balaban J connectivity index is 1.21. The molecule has 10 nitrogen and oxygen atoms in total. The summed E-state index contributed by atoms with van der Waals surface area (Å²) < 4.78 is 66.2. The van der Waals surface area contributed by atoms with Crippen LogP contribution in [0.1, 0.15) is 31.3 Å². The highest BCUT2D eigenvalue weighted by molar-refractivity contribution is 7.89. The molecular weight excluding hydrogens is 520 g/mol. The number of rotatable bonds is 6. The first kappa shape index (κ1) is 25.0. The molecule has 2 aromatic carbocycles. The molecule has 13 heteroatoms. The van der Waals surface area contributed by atoms with Crippen LogP contribution in [0.15, 0.2) is 41.4 Å². The molecular formula is C25H27F2N5O5S. The van der Waals surface area contributed by atoms with E-state index in [0.29, 0.717) is 30.5 Å². The van der Waals surface area contributed by atoms with E-state index in [-0.39, 0.29) is 22.3 Å². The van der Waals surface area contributed by atoms with Crippen LogP contribution in [0.2, 0.25) is 0 Å². The minimum absolute atomic E-state index is 0.0995. The van der Waals surface area contributed by atoms with Gasteiger partial charge in [0.1, 0.15) is 23.3 Å². The molecule has 6 rings (SSSR count). The first-order valence-corrected chi connectivity index (χ1v) is 14.0. The van der Waals surface area contributed by atoms with E-state index in [1.54, 1.807) is 12.1 Å². The molecule has 0 bridgehead atoms. The molecule has 2 saturated heterocycles. The highest BCUT2D eigenvalue weighted by Crippen LogP contribution is 2.38. The summed E-state index contributed by atoms with van der Waals surface area (Å²) in [5.74, 6) is 0.159. The van der Waals surface area contributed by atoms with Crippen LogP contribution in [0.4, 0.5) is 20.2 Å². The highest BCUT2D eigenvalue weighted by Gasteiger charge is 2.44. The summed E-state index contributed by atoms with van der Waals surface area (Å²) in [6.07, 6.45) is 0.628. The standard InChI is InChI=1S/C25H27F2N5O5S/c26-24(27)15-11-16-14-28-30-23(16)22(12-15)38(34,35)32-6-3-20(32)25(33)29-17-1-2-19-21(13-17)37-10-7-31(19)18-4-8-36-9-5-18/h1-2,11-14,18,20,24H,3-10H2,(H,28,30)(H,29,33)/t20-/m0/s1. The molecule has 1 atom stereocenters. The molecule has 38 heavy (non-hydrogen) atoms. The number of carbonyl (C=O) groups is 1. The van der Waals surface area contributed by atoms with Gasteiger partial charge >= 0.3 is 0 Å². The van der Waals surface area contributed by atoms with Crippen molar-refractivity contribution in [2.45, 2.75) is 42.7 Å². The minimum atomic E-state index is -4.25. The number of carbonyl (C=O) groups excluding carboxylic acids is 1. The maximum atomic E-state index is 13.5. The number of anilines is 2. The van der Waals surface area contributed by atoms with E-state index in [4.69, 9.17) is 9.47 Å². The summed E-state index contributed by atoms with van der Waals surface area (Å²) in [6.45, 7) is 2.85. The van der Waals surface area contributed by atoms with Gasteiger partial charge in [-0.3, -0.25) is 9.89 Å². The van der Waals surface area contributed by atoms with Crippen LogP contribution in [0, 0.1) is 0 Å². The number of hydrogen-bond acceptors (Lipinski definition) is 7. The average molecular weight is 548 g/mol. The Kier molecular flexibility index (Phi) is 6.44. The molecule has 1 amide bonds. The maximum absolute atomic E-state index is 13.5. The van der Waals surface area contributed by atoms with Gasteiger partial charge in [0.25, 0.3) is 6.43 Å². The van der Waals surface area contributed by atoms with E-state index in [1.807, 2.05) is 6.07 Å². The summed E-state index contributed by atoms with van der Waals surface area (Å²) in [5, 5.41) is 9.44. The second kappa shape index (κ2) is 9.79. The van der Waals surface area contributed by atoms with Gasteiger partial charge < -0.3 is 19.7 Å². The van der Waals surface area contributed by atoms with Gasteiger partial charge in [-0.1, -0.05) is 0 Å². The molecule has 3 aromatic rings. The number of fused-ring (bicyclic) bond motifs is 2. The van der Waals surface area contributed by atoms with Crippen molar-refractivity contribution in [3.05, 3.63) is 42.1 Å². The third kappa shape index (κ3) is 4.37. The summed E-state index contributed by atoms with van der Waals surface area (Å²) in [7, 11) is -4.25. The molecule has 4 heterocycles. The number of aromatic nitrogens is 2. The number of H-pyrrole nitrogens is 1. The number of nitrogens with one attached hydrogen (secondary N) is 2. The molecule has 0 aliphatic carbocycles. The van der Waals surface area contributed by atoms with Gasteiger partial charge in [0.2, 0.25) is 15.9 Å². The predicted octanol–water partition coefficient (Wildman–Crippen LogP) is 3.28. The van der Waals surface area contributed by atoms with Crippen LogP contribution < -0.4 is 15.0 Å². The number of hydrogen-bond donors (Lipinski definition) is 2. The van der Waals surface area contributed by atoms with Crippen molar-refractivity contribution < 1.29 is 31.5 Å². The number of alkyl halides is 2. The Morgan fingerprint density at radius 2 is 1.92 bits per heavy atom. The van der Waals surface area contributed by atoms with Crippen LogP contribution in [0.3, 0.4) is 0 Å². The molecule has 202 valence electrons. The molecule has 3 aliphatic rings. The zero-order chi connectivity index (χ0) is 26.4. The summed E-state index contributed by atoms with van der Waals surface area (Å²) in [6, 6.07) is 6.96. The van der Waals surface area contributed by atoms with Crippen molar-refractivity contribution in [1.29, 1.82) is 0 Å². The number of benzene rings is 2. The van der Waals surface area contributed by atoms with Crippen LogP contribution in [-0.2, 0) is 19.6 Å². The SMILES string of the molecule is O=C(Nc1ccc2c(c1)OCCN2C1CCOCC1)[C@@H]1CCN1S(=O)(=O)c1cc(C(F)F)cc2cn[nH]c12. The van der Waals surface area contributed by atoms with E-state index < -0.39 is 34.0 Å². The fraction of sp³-hybridized carbons (Fsp3) is 0.440. The lowest BCUT2D eigenvalue weighted by atomic mass is 10.0. The van der Waals surface area contributed by atoms with Crippen molar-refractivity contribution in [3.8, 4) is 5.75 Å². The van der Waals surface area contributed by atoms with Gasteiger partial charge in [-0.2, -0.15) is 9.40 Å². The fourth-order valence-corrected chi connectivity index (χ4v) is 7.18. The van der Waals surface area contributed by atoms with Crippen LogP contribution in [-0.4, -0.2) is 73.8 Å². The lowest BCUT2D eigenvalue weighted by Crippen LogP contribution is -2.56. The van der Waals surface area contributed by atoms with Crippen molar-refractivity contribution >= 4 is 38.2 Å². The Hall–Kier alpha value is -3.29. The zero-order valence-corrected chi connectivity index (χ0v) is 21.2. The minimum Gasteiger partial charge on any atom is -0.489 e. The summed E-state index contributed by atoms with van der Waals surface area (Å²) >= 11 is 0. The van der Waals surface area contributed by atoms with E-state index in [9.17, 15) is 22.0 Å². The molecule has 0 radical (unpaired) electrons. The monoisotopic (exact) mass is 547 g/mol. The Bertz CT molecular complexity index is 1470. The summed E-state index contributed by atoms with van der Waals surface area (Å²) in [4.78, 5) is 15.1. The Morgan fingerprint density at radius 1 is 1.11 bits per heavy atom. The van der Waals surface area contributed by atoms with Crippen LogP contribution in [0.5, 0.6) is 5.75 Å². The smallest absolute Gasteiger partial charge is 0.263 e. The number of aromatic amines is 1. The third-order valence-corrected chi connectivity index (χ3v) is 9.34. The number of ether oxygens (including phenoxy) is 2. The number of amides is 1. The molecule has 1 aromatic heterocycles. The van der Waals surface area contributed by atoms with E-state index >= 15 is 0 Å². The van der Waals surface area contributed by atoms with Crippen molar-refractivity contribution in [1.82, 2.24) is 14.5 Å². The zero-order valence-electron chi connectivity index (χ0n) is 20.4. The van der Waals surface area contributed by atoms with Gasteiger partial charge in [0.15, 0.2) is 0 Å². The molecule has 0 unspecified atom stereocenters. The normalized spacial score (nSPS) is 20.7. The topological polar surface area (TPSA) is 117 Å². The lowest BCUT2D eigenvalue weighted by molar-refractivity contribution is -0.122. The molecule has 2 fully saturated rings. The second-order valence-corrected chi connectivity index (χ2v) is 11.5. The number of sulfonamides is 1. The van der Waals surface area contributed by atoms with Crippen LogP contribution >= 0.6 is 0 Å². The van der Waals surface area contributed by atoms with E-state index in [2.05, 4.69) is 20.4 Å². The van der Waals surface area contributed by atoms with Crippen molar-refractivity contribution in [3.63, 3.8) is 0 Å². The molecule has 3 aliphatic heterocycles. The van der Waals surface area contributed by atoms with Crippen LogP contribution in [0.25, 0.3) is 10.9 Å². The Labute approximate surface area is 217 Å². The first-order chi connectivity index (χ1) is 18.3. The molecule has 0 saturated carbocycles. The van der Waals surface area contributed by atoms with Gasteiger partial charge in [0, 0.05) is 48.5 Å². The van der Waals surface area contributed by atoms with E-state index in [0.717, 1.165) is 48.7 Å². The predicted molar refractivity (Wildman–Crippen MR) is 135 cm³/mol. The third-order valence-electron chi connectivity index (χ3n) is 7.40. The fourth-order valence-electron chi connectivity index (χ4n) is 5.34. The Morgan fingerprint density at radius 3 is 2.66 bits per heavy atom. The number of nitrogens with zero attached hydrogens (tertiary/aromatic N) is 3. The van der Waals surface area contributed by atoms with Gasteiger partial charge in [0.05, 0.1) is 23.9 Å². The quantitative estimate of drug-likeness (QED) is 0.487. The highest BCUT2D eigenvalue weighted by atomic mass is 32.2. The maximum Gasteiger partial charge on any atom is 0.263 e. The molecule has 0 spiro atoms. The van der Waals surface area contributed by atoms with E-state index in [1.165, 1.54) is 12.3 Å². The largest absolute Gasteiger partial charge is 0.489 e. The van der Waals surface area contributed by atoms with Gasteiger partial charge in [-0.05, 0) is 43.5 Å². The van der Waals surface area contributed by atoms with Gasteiger partial charge in [-0.25, -0.2) is 17.2 Å². The second-order valence-electron chi connectivity index (χ2n) is 9.63. The number of halogens is 2. The first-order valence-electron chi connectivity index (χ1n) is 12.5. The van der Waals surface area contributed by atoms with Gasteiger partial charge in [-0.15, -0.1) is 0 Å². The lowest BCUT2D eigenvalue weighted by Gasteiger charge is -2.40. The average Bonchev–Trinajstić information content (AvgIpc) is 3.36. The van der Waals surface area contributed by atoms with Crippen molar-refractivity contribution in [2.75, 3.05) is 43.1 Å². The molecule has 2 N–H and O–H groups in total. The summed E-state index contributed by atoms with van der Waals surface area (Å²) in [5.41, 5.74) is 1.14.